The number of pyridine rings is 1. The minimum atomic E-state index is -0.369. The summed E-state index contributed by atoms with van der Waals surface area (Å²) in [5.41, 5.74) is 4.69. The predicted molar refractivity (Wildman–Crippen MR) is 122 cm³/mol. The second-order valence-corrected chi connectivity index (χ2v) is 8.62. The van der Waals surface area contributed by atoms with Crippen LogP contribution in [0, 0.1) is 18.6 Å². The van der Waals surface area contributed by atoms with Crippen LogP contribution in [0.1, 0.15) is 51.9 Å². The first-order valence-corrected chi connectivity index (χ1v) is 11.1. The number of carbonyl (C=O) groups excluding carboxylic acids is 1. The Balaban J connectivity index is 1.28. The molecule has 3 heterocycles. The van der Waals surface area contributed by atoms with Crippen LogP contribution in [0.5, 0.6) is 0 Å². The number of aryl methyl sites for hydroxylation is 1. The van der Waals surface area contributed by atoms with Crippen molar-refractivity contribution in [2.45, 2.75) is 32.1 Å². The third kappa shape index (κ3) is 4.49. The zero-order valence-electron chi connectivity index (χ0n) is 18.3. The van der Waals surface area contributed by atoms with Gasteiger partial charge in [0.15, 0.2) is 5.82 Å². The number of likely N-dealkylation sites (tertiary alicyclic amines) is 1. The topological polar surface area (TPSA) is 61.9 Å². The average molecular weight is 447 g/mol. The highest BCUT2D eigenvalue weighted by Gasteiger charge is 2.27. The number of nitrogens with zero attached hydrogens (tertiary/aromatic N) is 3. The maximum absolute atomic E-state index is 14.1. The number of amides is 1. The summed E-state index contributed by atoms with van der Waals surface area (Å²) in [6, 6.07) is 15.1. The molecule has 168 valence electrons. The molecule has 0 spiro atoms. The van der Waals surface area contributed by atoms with Crippen LogP contribution >= 0.6 is 0 Å². The number of H-pyrrole nitrogens is 1. The number of aromatic amines is 1. The molecule has 5 rings (SSSR count). The van der Waals surface area contributed by atoms with Gasteiger partial charge in [0.2, 0.25) is 0 Å². The van der Waals surface area contributed by atoms with E-state index in [1.165, 1.54) is 18.2 Å². The Morgan fingerprint density at radius 2 is 1.85 bits per heavy atom. The number of hydrogen-bond acceptors (Lipinski definition) is 3. The van der Waals surface area contributed by atoms with Crippen molar-refractivity contribution in [2.24, 2.45) is 0 Å². The molecule has 2 aromatic heterocycles. The van der Waals surface area contributed by atoms with Crippen molar-refractivity contribution in [1.82, 2.24) is 19.9 Å². The minimum Gasteiger partial charge on any atom is -0.336 e. The Morgan fingerprint density at radius 1 is 1.06 bits per heavy atom. The number of rotatable bonds is 4. The highest BCUT2D eigenvalue weighted by atomic mass is 19.1. The molecule has 1 aliphatic rings. The number of benzene rings is 2. The molecular formula is C26H24F2N4O. The number of aromatic nitrogens is 3. The third-order valence-electron chi connectivity index (χ3n) is 6.23. The van der Waals surface area contributed by atoms with Crippen molar-refractivity contribution < 1.29 is 13.6 Å². The lowest BCUT2D eigenvalue weighted by atomic mass is 9.91. The molecule has 4 aromatic rings. The molecule has 1 aliphatic heterocycles. The predicted octanol–water partition coefficient (Wildman–Crippen LogP) is 5.16. The van der Waals surface area contributed by atoms with E-state index >= 15 is 0 Å². The lowest BCUT2D eigenvalue weighted by Crippen LogP contribution is -2.38. The van der Waals surface area contributed by atoms with Gasteiger partial charge < -0.3 is 9.88 Å². The smallest absolute Gasteiger partial charge is 0.289 e. The van der Waals surface area contributed by atoms with Crippen molar-refractivity contribution in [3.63, 3.8) is 0 Å². The quantitative estimate of drug-likeness (QED) is 0.471. The molecule has 0 atom stereocenters. The summed E-state index contributed by atoms with van der Waals surface area (Å²) in [5, 5.41) is 0. The number of carbonyl (C=O) groups is 1. The maximum atomic E-state index is 14.1. The van der Waals surface area contributed by atoms with Crippen LogP contribution in [-0.2, 0) is 6.42 Å². The lowest BCUT2D eigenvalue weighted by molar-refractivity contribution is 0.0701. The van der Waals surface area contributed by atoms with E-state index in [0.29, 0.717) is 36.1 Å². The van der Waals surface area contributed by atoms with Crippen molar-refractivity contribution >= 4 is 16.9 Å². The second-order valence-electron chi connectivity index (χ2n) is 8.62. The molecule has 5 nitrogen and oxygen atoms in total. The second kappa shape index (κ2) is 8.73. The van der Waals surface area contributed by atoms with Crippen molar-refractivity contribution in [3.8, 4) is 0 Å². The van der Waals surface area contributed by atoms with Crippen LogP contribution in [0.25, 0.3) is 11.0 Å². The number of fused-ring (bicyclic) bond motifs is 1. The van der Waals surface area contributed by atoms with Gasteiger partial charge in [-0.2, -0.15) is 0 Å². The van der Waals surface area contributed by atoms with Crippen LogP contribution in [0.15, 0.2) is 54.6 Å². The first-order chi connectivity index (χ1) is 16.0. The van der Waals surface area contributed by atoms with Crippen LogP contribution < -0.4 is 0 Å². The normalized spacial score (nSPS) is 14.7. The molecular weight excluding hydrogens is 422 g/mol. The van der Waals surface area contributed by atoms with E-state index in [-0.39, 0.29) is 29.3 Å². The fourth-order valence-corrected chi connectivity index (χ4v) is 4.55. The summed E-state index contributed by atoms with van der Waals surface area (Å²) >= 11 is 0. The van der Waals surface area contributed by atoms with Gasteiger partial charge in [-0.15, -0.1) is 0 Å². The van der Waals surface area contributed by atoms with E-state index < -0.39 is 0 Å². The largest absolute Gasteiger partial charge is 0.336 e. The average Bonchev–Trinajstić information content (AvgIpc) is 3.23. The van der Waals surface area contributed by atoms with E-state index in [4.69, 9.17) is 4.98 Å². The lowest BCUT2D eigenvalue weighted by Gasteiger charge is -2.31. The van der Waals surface area contributed by atoms with Gasteiger partial charge in [0.1, 0.15) is 11.6 Å². The number of nitrogens with one attached hydrogen (secondary N) is 1. The van der Waals surface area contributed by atoms with Gasteiger partial charge in [-0.3, -0.25) is 9.78 Å². The Morgan fingerprint density at radius 3 is 2.64 bits per heavy atom. The monoisotopic (exact) mass is 446 g/mol. The van der Waals surface area contributed by atoms with E-state index in [1.54, 1.807) is 23.1 Å². The first-order valence-electron chi connectivity index (χ1n) is 11.1. The van der Waals surface area contributed by atoms with E-state index in [0.717, 1.165) is 29.8 Å². The maximum Gasteiger partial charge on any atom is 0.289 e. The molecule has 7 heteroatoms. The van der Waals surface area contributed by atoms with E-state index in [9.17, 15) is 13.6 Å². The zero-order chi connectivity index (χ0) is 22.9. The third-order valence-corrected chi connectivity index (χ3v) is 6.23. The molecule has 33 heavy (non-hydrogen) atoms. The van der Waals surface area contributed by atoms with Gasteiger partial charge in [0.05, 0.1) is 11.0 Å². The first kappa shape index (κ1) is 21.2. The number of hydrogen-bond donors (Lipinski definition) is 1. The molecule has 0 saturated carbocycles. The van der Waals surface area contributed by atoms with Crippen molar-refractivity contribution in [1.29, 1.82) is 0 Å². The summed E-state index contributed by atoms with van der Waals surface area (Å²) in [7, 11) is 0. The summed E-state index contributed by atoms with van der Waals surface area (Å²) in [4.78, 5) is 26.7. The fraction of sp³-hybridized carbons (Fsp3) is 0.269. The summed E-state index contributed by atoms with van der Waals surface area (Å²) in [6.07, 6.45) is 2.10. The number of piperidine rings is 1. The molecule has 0 bridgehead atoms. The van der Waals surface area contributed by atoms with Gasteiger partial charge in [-0.25, -0.2) is 13.8 Å². The van der Waals surface area contributed by atoms with Crippen LogP contribution in [0.4, 0.5) is 8.78 Å². The molecule has 0 radical (unpaired) electrons. The molecule has 1 fully saturated rings. The molecule has 0 unspecified atom stereocenters. The van der Waals surface area contributed by atoms with Gasteiger partial charge in [0, 0.05) is 36.8 Å². The molecule has 2 aromatic carbocycles. The van der Waals surface area contributed by atoms with Crippen molar-refractivity contribution in [2.75, 3.05) is 13.1 Å². The molecule has 0 aliphatic carbocycles. The van der Waals surface area contributed by atoms with Gasteiger partial charge in [-0.05, 0) is 67.3 Å². The Hall–Kier alpha value is -3.61. The highest BCUT2D eigenvalue weighted by Crippen LogP contribution is 2.29. The zero-order valence-corrected chi connectivity index (χ0v) is 18.3. The summed E-state index contributed by atoms with van der Waals surface area (Å²) < 4.78 is 27.5. The molecule has 1 saturated heterocycles. The van der Waals surface area contributed by atoms with Crippen molar-refractivity contribution in [3.05, 3.63) is 94.6 Å². The molecule has 1 N–H and O–H groups in total. The highest BCUT2D eigenvalue weighted by molar-refractivity contribution is 5.94. The number of imidazole rings is 1. The van der Waals surface area contributed by atoms with Gasteiger partial charge >= 0.3 is 0 Å². The fourth-order valence-electron chi connectivity index (χ4n) is 4.55. The summed E-state index contributed by atoms with van der Waals surface area (Å²) in [5.74, 6) is -0.282. The van der Waals surface area contributed by atoms with Gasteiger partial charge in [-0.1, -0.05) is 18.2 Å². The Bertz CT molecular complexity index is 1330. The Kier molecular flexibility index (Phi) is 5.62. The number of halogens is 2. The van der Waals surface area contributed by atoms with Gasteiger partial charge in [0.25, 0.3) is 5.91 Å². The molecule has 1 amide bonds. The van der Waals surface area contributed by atoms with Crippen LogP contribution in [0.3, 0.4) is 0 Å². The van der Waals surface area contributed by atoms with E-state index in [2.05, 4.69) is 16.0 Å². The Labute approximate surface area is 190 Å². The summed E-state index contributed by atoms with van der Waals surface area (Å²) in [6.45, 7) is 3.14. The van der Waals surface area contributed by atoms with E-state index in [1.807, 2.05) is 19.1 Å². The minimum absolute atomic E-state index is 0.178. The van der Waals surface area contributed by atoms with Crippen LogP contribution in [-0.4, -0.2) is 38.8 Å². The standard InChI is InChI=1S/C26H24F2N4O/c1-16-12-17(13-19-4-2-3-5-21(19)28)14-23(29-16)18-8-10-32(11-9-18)26(33)25-30-22-7-6-20(27)15-24(22)31-25/h2-7,12,14-15,18H,8-11,13H2,1H3,(H,30,31). The SMILES string of the molecule is Cc1cc(Cc2ccccc2F)cc(C2CCN(C(=O)c3nc4ccc(F)cc4[nH]3)CC2)n1. The van der Waals surface area contributed by atoms with Crippen LogP contribution in [0.2, 0.25) is 0 Å².